The average molecular weight is 250 g/mol. The Morgan fingerprint density at radius 1 is 1.06 bits per heavy atom. The zero-order chi connectivity index (χ0) is 11.6. The molecule has 2 aromatic carbocycles. The van der Waals surface area contributed by atoms with Crippen LogP contribution in [0, 0.1) is 11.3 Å². The van der Waals surface area contributed by atoms with E-state index < -0.39 is 4.33 Å². The molecule has 80 valence electrons. The molecule has 0 unspecified atom stereocenters. The van der Waals surface area contributed by atoms with Crippen molar-refractivity contribution in [2.75, 3.05) is 0 Å². The van der Waals surface area contributed by atoms with Crippen LogP contribution in [0.2, 0.25) is 0 Å². The first kappa shape index (κ1) is 11.3. The molecule has 0 aromatic heterocycles. The van der Waals surface area contributed by atoms with Crippen LogP contribution in [0.15, 0.2) is 42.5 Å². The molecule has 3 heteroatoms. The van der Waals surface area contributed by atoms with E-state index in [-0.39, 0.29) is 0 Å². The van der Waals surface area contributed by atoms with Crippen molar-refractivity contribution in [1.29, 1.82) is 5.26 Å². The lowest BCUT2D eigenvalue weighted by Crippen LogP contribution is -2.13. The maximum atomic E-state index is 8.81. The molecule has 0 N–H and O–H groups in total. The SMILES string of the molecule is N#CC(Cl)(Cl)Cc1cccc2ccccc12. The molecular formula is C13H9Cl2N. The molecule has 1 nitrogen and oxygen atoms in total. The molecule has 0 spiro atoms. The van der Waals surface area contributed by atoms with Crippen LogP contribution in [0.5, 0.6) is 0 Å². The highest BCUT2D eigenvalue weighted by atomic mass is 35.5. The van der Waals surface area contributed by atoms with Crippen LogP contribution in [-0.2, 0) is 6.42 Å². The van der Waals surface area contributed by atoms with Crippen LogP contribution in [-0.4, -0.2) is 4.33 Å². The van der Waals surface area contributed by atoms with Crippen LogP contribution in [0.25, 0.3) is 10.8 Å². The number of alkyl halides is 2. The fourth-order valence-electron chi connectivity index (χ4n) is 1.73. The Morgan fingerprint density at radius 2 is 1.75 bits per heavy atom. The molecule has 0 saturated heterocycles. The standard InChI is InChI=1S/C13H9Cl2N/c14-13(15,9-16)8-11-6-3-5-10-4-1-2-7-12(10)11/h1-7H,8H2. The number of nitriles is 1. The highest BCUT2D eigenvalue weighted by molar-refractivity contribution is 6.50. The van der Waals surface area contributed by atoms with Crippen LogP contribution >= 0.6 is 23.2 Å². The van der Waals surface area contributed by atoms with Crippen LogP contribution in [0.3, 0.4) is 0 Å². The lowest BCUT2D eigenvalue weighted by Gasteiger charge is -2.12. The van der Waals surface area contributed by atoms with Gasteiger partial charge in [0, 0.05) is 6.42 Å². The molecule has 0 aliphatic heterocycles. The van der Waals surface area contributed by atoms with Gasteiger partial charge in [-0.15, -0.1) is 0 Å². The third-order valence-electron chi connectivity index (χ3n) is 2.46. The monoisotopic (exact) mass is 249 g/mol. The van der Waals surface area contributed by atoms with Gasteiger partial charge in [0.05, 0.1) is 0 Å². The van der Waals surface area contributed by atoms with Crippen LogP contribution in [0.1, 0.15) is 5.56 Å². The van der Waals surface area contributed by atoms with Gasteiger partial charge >= 0.3 is 0 Å². The Hall–Kier alpha value is -1.23. The number of fused-ring (bicyclic) bond motifs is 1. The van der Waals surface area contributed by atoms with Crippen molar-refractivity contribution in [3.8, 4) is 6.07 Å². The summed E-state index contributed by atoms with van der Waals surface area (Å²) in [4.78, 5) is 0. The predicted octanol–water partition coefficient (Wildman–Crippen LogP) is 4.08. The van der Waals surface area contributed by atoms with E-state index in [0.29, 0.717) is 6.42 Å². The van der Waals surface area contributed by atoms with Crippen molar-refractivity contribution in [3.63, 3.8) is 0 Å². The second-order valence-corrected chi connectivity index (χ2v) is 5.12. The summed E-state index contributed by atoms with van der Waals surface area (Å²) in [5.74, 6) is 0. The van der Waals surface area contributed by atoms with E-state index in [9.17, 15) is 0 Å². The second kappa shape index (κ2) is 4.33. The Kier molecular flexibility index (Phi) is 3.05. The molecule has 0 heterocycles. The van der Waals surface area contributed by atoms with Crippen molar-refractivity contribution >= 4 is 34.0 Å². The molecule has 0 bridgehead atoms. The quantitative estimate of drug-likeness (QED) is 0.736. The van der Waals surface area contributed by atoms with Crippen LogP contribution in [0.4, 0.5) is 0 Å². The van der Waals surface area contributed by atoms with Crippen molar-refractivity contribution in [2.45, 2.75) is 10.8 Å². The lowest BCUT2D eigenvalue weighted by molar-refractivity contribution is 0.955. The summed E-state index contributed by atoms with van der Waals surface area (Å²) < 4.78 is -1.36. The van der Waals surface area contributed by atoms with Crippen molar-refractivity contribution < 1.29 is 0 Å². The van der Waals surface area contributed by atoms with Crippen LogP contribution < -0.4 is 0 Å². The van der Waals surface area contributed by atoms with E-state index >= 15 is 0 Å². The molecule has 0 saturated carbocycles. The Bertz CT molecular complexity index is 550. The van der Waals surface area contributed by atoms with Crippen molar-refractivity contribution in [3.05, 3.63) is 48.0 Å². The molecule has 0 aliphatic rings. The third kappa shape index (κ3) is 2.29. The Morgan fingerprint density at radius 3 is 2.50 bits per heavy atom. The number of nitrogens with zero attached hydrogens (tertiary/aromatic N) is 1. The smallest absolute Gasteiger partial charge is 0.195 e. The highest BCUT2D eigenvalue weighted by Gasteiger charge is 2.24. The van der Waals surface area contributed by atoms with E-state index in [0.717, 1.165) is 16.3 Å². The normalized spacial score (nSPS) is 11.3. The summed E-state index contributed by atoms with van der Waals surface area (Å²) in [5.41, 5.74) is 0.990. The minimum Gasteiger partial charge on any atom is -0.195 e. The topological polar surface area (TPSA) is 23.8 Å². The van der Waals surface area contributed by atoms with E-state index in [1.807, 2.05) is 48.5 Å². The van der Waals surface area contributed by atoms with E-state index in [2.05, 4.69) is 0 Å². The number of benzene rings is 2. The van der Waals surface area contributed by atoms with E-state index in [1.165, 1.54) is 0 Å². The van der Waals surface area contributed by atoms with Gasteiger partial charge in [-0.25, -0.2) is 0 Å². The number of hydrogen-bond acceptors (Lipinski definition) is 1. The third-order valence-corrected chi connectivity index (χ3v) is 2.89. The largest absolute Gasteiger partial charge is 0.207 e. The molecule has 2 rings (SSSR count). The first-order chi connectivity index (χ1) is 7.62. The molecular weight excluding hydrogens is 241 g/mol. The molecule has 0 fully saturated rings. The van der Waals surface area contributed by atoms with E-state index in [4.69, 9.17) is 28.5 Å². The van der Waals surface area contributed by atoms with Gasteiger partial charge in [-0.3, -0.25) is 0 Å². The summed E-state index contributed by atoms with van der Waals surface area (Å²) in [7, 11) is 0. The highest BCUT2D eigenvalue weighted by Crippen LogP contribution is 2.28. The lowest BCUT2D eigenvalue weighted by atomic mass is 10.0. The van der Waals surface area contributed by atoms with Gasteiger partial charge in [-0.05, 0) is 16.3 Å². The maximum absolute atomic E-state index is 8.81. The van der Waals surface area contributed by atoms with Gasteiger partial charge in [0.1, 0.15) is 6.07 Å². The zero-order valence-corrected chi connectivity index (χ0v) is 9.96. The van der Waals surface area contributed by atoms with Gasteiger partial charge < -0.3 is 0 Å². The first-order valence-electron chi connectivity index (χ1n) is 4.88. The van der Waals surface area contributed by atoms with Crippen molar-refractivity contribution in [1.82, 2.24) is 0 Å². The summed E-state index contributed by atoms with van der Waals surface area (Å²) >= 11 is 11.7. The summed E-state index contributed by atoms with van der Waals surface area (Å²) in [5, 5.41) is 11.0. The minimum atomic E-state index is -1.36. The van der Waals surface area contributed by atoms with E-state index in [1.54, 1.807) is 0 Å². The Labute approximate surface area is 104 Å². The van der Waals surface area contributed by atoms with Gasteiger partial charge in [0.25, 0.3) is 0 Å². The number of hydrogen-bond donors (Lipinski definition) is 0. The summed E-state index contributed by atoms with van der Waals surface area (Å²) in [6.45, 7) is 0. The first-order valence-corrected chi connectivity index (χ1v) is 5.64. The molecule has 16 heavy (non-hydrogen) atoms. The molecule has 0 amide bonds. The second-order valence-electron chi connectivity index (χ2n) is 3.63. The Balaban J connectivity index is 2.50. The number of halogens is 2. The molecule has 0 radical (unpaired) electrons. The summed E-state index contributed by atoms with van der Waals surface area (Å²) in [6.07, 6.45) is 0.327. The molecule has 2 aromatic rings. The number of rotatable bonds is 2. The average Bonchev–Trinajstić information content (AvgIpc) is 2.29. The van der Waals surface area contributed by atoms with Gasteiger partial charge in [-0.2, -0.15) is 5.26 Å². The van der Waals surface area contributed by atoms with Gasteiger partial charge in [0.15, 0.2) is 0 Å². The zero-order valence-electron chi connectivity index (χ0n) is 8.45. The van der Waals surface area contributed by atoms with Gasteiger partial charge in [0.2, 0.25) is 4.33 Å². The summed E-state index contributed by atoms with van der Waals surface area (Å²) in [6, 6.07) is 15.8. The maximum Gasteiger partial charge on any atom is 0.207 e. The molecule has 0 atom stereocenters. The fraction of sp³-hybridized carbons (Fsp3) is 0.154. The van der Waals surface area contributed by atoms with Gasteiger partial charge in [-0.1, -0.05) is 65.7 Å². The molecule has 0 aliphatic carbocycles. The fourth-order valence-corrected chi connectivity index (χ4v) is 2.01. The minimum absolute atomic E-state index is 0.327. The predicted molar refractivity (Wildman–Crippen MR) is 67.7 cm³/mol. The van der Waals surface area contributed by atoms with Crippen molar-refractivity contribution in [2.24, 2.45) is 0 Å².